The Morgan fingerprint density at radius 1 is 1.06 bits per heavy atom. The lowest BCUT2D eigenvalue weighted by Crippen LogP contribution is -2.31. The number of para-hydroxylation sites is 1. The highest BCUT2D eigenvalue weighted by Crippen LogP contribution is 2.25. The lowest BCUT2D eigenvalue weighted by molar-refractivity contribution is -0.123. The number of anilines is 1. The van der Waals surface area contributed by atoms with E-state index in [-0.39, 0.29) is 23.5 Å². The first-order chi connectivity index (χ1) is 15.7. The summed E-state index contributed by atoms with van der Waals surface area (Å²) in [6, 6.07) is 17.9. The van der Waals surface area contributed by atoms with E-state index in [1.807, 2.05) is 38.1 Å². The van der Waals surface area contributed by atoms with Gasteiger partial charge in [0.15, 0.2) is 6.61 Å². The number of rotatable bonds is 9. The number of halogens is 1. The van der Waals surface area contributed by atoms with Gasteiger partial charge in [-0.1, -0.05) is 35.9 Å². The number of benzene rings is 3. The summed E-state index contributed by atoms with van der Waals surface area (Å²) in [6.45, 7) is 3.47. The molecule has 0 bridgehead atoms. The topological polar surface area (TPSA) is 93.7 Å². The fourth-order valence-corrected chi connectivity index (χ4v) is 4.35. The highest BCUT2D eigenvalue weighted by molar-refractivity contribution is 7.92. The molecular formula is C24H25ClN2O5S. The SMILES string of the molecule is COc1ccccc1C(C)NC(=O)COc1ccc(S(=O)(=O)Nc2ccc(C)c(Cl)c2)cc1. The molecule has 33 heavy (non-hydrogen) atoms. The van der Waals surface area contributed by atoms with Crippen molar-refractivity contribution in [3.05, 3.63) is 82.9 Å². The highest BCUT2D eigenvalue weighted by atomic mass is 35.5. The Labute approximate surface area is 198 Å². The molecule has 3 aromatic carbocycles. The summed E-state index contributed by atoms with van der Waals surface area (Å²) in [6.07, 6.45) is 0. The maximum atomic E-state index is 12.6. The quantitative estimate of drug-likeness (QED) is 0.454. The van der Waals surface area contributed by atoms with Gasteiger partial charge < -0.3 is 14.8 Å². The van der Waals surface area contributed by atoms with Gasteiger partial charge in [0, 0.05) is 10.6 Å². The first-order valence-corrected chi connectivity index (χ1v) is 12.0. The third kappa shape index (κ3) is 6.40. The van der Waals surface area contributed by atoms with E-state index in [1.165, 1.54) is 24.3 Å². The molecule has 0 heterocycles. The molecule has 2 N–H and O–H groups in total. The van der Waals surface area contributed by atoms with E-state index in [0.29, 0.717) is 22.2 Å². The van der Waals surface area contributed by atoms with Gasteiger partial charge in [-0.3, -0.25) is 9.52 Å². The minimum atomic E-state index is -3.80. The second-order valence-electron chi connectivity index (χ2n) is 7.36. The van der Waals surface area contributed by atoms with Crippen molar-refractivity contribution in [2.24, 2.45) is 0 Å². The van der Waals surface area contributed by atoms with Crippen molar-refractivity contribution in [1.29, 1.82) is 0 Å². The summed E-state index contributed by atoms with van der Waals surface area (Å²) < 4.78 is 38.5. The number of ether oxygens (including phenoxy) is 2. The van der Waals surface area contributed by atoms with Crippen molar-refractivity contribution in [2.75, 3.05) is 18.4 Å². The van der Waals surface area contributed by atoms with Crippen molar-refractivity contribution < 1.29 is 22.7 Å². The third-order valence-corrected chi connectivity index (χ3v) is 6.72. The van der Waals surface area contributed by atoms with Crippen LogP contribution in [0.15, 0.2) is 71.6 Å². The van der Waals surface area contributed by atoms with Crippen LogP contribution in [0.2, 0.25) is 5.02 Å². The Hall–Kier alpha value is -3.23. The smallest absolute Gasteiger partial charge is 0.261 e. The zero-order chi connectivity index (χ0) is 24.0. The van der Waals surface area contributed by atoms with Gasteiger partial charge in [-0.25, -0.2) is 8.42 Å². The van der Waals surface area contributed by atoms with Gasteiger partial charge in [0.2, 0.25) is 0 Å². The maximum absolute atomic E-state index is 12.6. The van der Waals surface area contributed by atoms with Crippen LogP contribution in [-0.4, -0.2) is 28.0 Å². The summed E-state index contributed by atoms with van der Waals surface area (Å²) in [5.74, 6) is 0.736. The number of hydrogen-bond acceptors (Lipinski definition) is 5. The predicted octanol–water partition coefficient (Wildman–Crippen LogP) is 4.71. The van der Waals surface area contributed by atoms with Crippen molar-refractivity contribution in [2.45, 2.75) is 24.8 Å². The zero-order valence-corrected chi connectivity index (χ0v) is 20.0. The molecule has 0 fully saturated rings. The average molecular weight is 489 g/mol. The molecule has 0 saturated heterocycles. The zero-order valence-electron chi connectivity index (χ0n) is 18.5. The highest BCUT2D eigenvalue weighted by Gasteiger charge is 2.16. The molecule has 174 valence electrons. The van der Waals surface area contributed by atoms with E-state index in [0.717, 1.165) is 11.1 Å². The van der Waals surface area contributed by atoms with Crippen molar-refractivity contribution in [3.63, 3.8) is 0 Å². The van der Waals surface area contributed by atoms with E-state index in [2.05, 4.69) is 10.0 Å². The Morgan fingerprint density at radius 2 is 1.76 bits per heavy atom. The second kappa shape index (κ2) is 10.6. The summed E-state index contributed by atoms with van der Waals surface area (Å²) in [7, 11) is -2.22. The van der Waals surface area contributed by atoms with Crippen LogP contribution in [-0.2, 0) is 14.8 Å². The van der Waals surface area contributed by atoms with Crippen molar-refractivity contribution in [3.8, 4) is 11.5 Å². The molecule has 0 aliphatic rings. The van der Waals surface area contributed by atoms with Gasteiger partial charge in [-0.2, -0.15) is 0 Å². The number of aryl methyl sites for hydroxylation is 1. The molecule has 1 atom stereocenters. The number of sulfonamides is 1. The van der Waals surface area contributed by atoms with Crippen molar-refractivity contribution in [1.82, 2.24) is 5.32 Å². The summed E-state index contributed by atoms with van der Waals surface area (Å²) >= 11 is 6.06. The first-order valence-electron chi connectivity index (χ1n) is 10.1. The Balaban J connectivity index is 1.57. The molecule has 0 aromatic heterocycles. The largest absolute Gasteiger partial charge is 0.496 e. The third-order valence-electron chi connectivity index (χ3n) is 4.91. The van der Waals surface area contributed by atoms with E-state index in [4.69, 9.17) is 21.1 Å². The van der Waals surface area contributed by atoms with Crippen LogP contribution >= 0.6 is 11.6 Å². The molecule has 0 saturated carbocycles. The van der Waals surface area contributed by atoms with Gasteiger partial charge in [0.25, 0.3) is 15.9 Å². The van der Waals surface area contributed by atoms with Gasteiger partial charge >= 0.3 is 0 Å². The average Bonchev–Trinajstić information content (AvgIpc) is 2.80. The standard InChI is InChI=1S/C24H25ClN2O5S/c1-16-8-9-18(14-22(16)25)27-33(29,30)20-12-10-19(11-13-20)32-15-24(28)26-17(2)21-6-4-5-7-23(21)31-3/h4-14,17,27H,15H2,1-3H3,(H,26,28). The Morgan fingerprint density at radius 3 is 2.42 bits per heavy atom. The first kappa shape index (κ1) is 24.4. The Kier molecular flexibility index (Phi) is 7.84. The fraction of sp³-hybridized carbons (Fsp3) is 0.208. The minimum Gasteiger partial charge on any atom is -0.496 e. The van der Waals surface area contributed by atoms with Gasteiger partial charge in [0.05, 0.1) is 23.7 Å². The van der Waals surface area contributed by atoms with Crippen LogP contribution in [0.25, 0.3) is 0 Å². The van der Waals surface area contributed by atoms with Crippen molar-refractivity contribution >= 4 is 33.2 Å². The molecule has 1 unspecified atom stereocenters. The van der Waals surface area contributed by atoms with Crippen LogP contribution in [0.1, 0.15) is 24.1 Å². The molecule has 3 rings (SSSR count). The predicted molar refractivity (Wildman–Crippen MR) is 128 cm³/mol. The van der Waals surface area contributed by atoms with Crippen LogP contribution < -0.4 is 19.5 Å². The molecule has 3 aromatic rings. The van der Waals surface area contributed by atoms with E-state index < -0.39 is 10.0 Å². The van der Waals surface area contributed by atoms with E-state index in [1.54, 1.807) is 25.3 Å². The van der Waals surface area contributed by atoms with Gasteiger partial charge in [0.1, 0.15) is 11.5 Å². The molecule has 0 aliphatic heterocycles. The summed E-state index contributed by atoms with van der Waals surface area (Å²) in [5.41, 5.74) is 2.07. The van der Waals surface area contributed by atoms with Crippen LogP contribution in [0.4, 0.5) is 5.69 Å². The van der Waals surface area contributed by atoms with Crippen LogP contribution in [0.5, 0.6) is 11.5 Å². The normalized spacial score (nSPS) is 12.0. The summed E-state index contributed by atoms with van der Waals surface area (Å²) in [4.78, 5) is 12.3. The Bertz CT molecular complexity index is 1230. The molecule has 0 spiro atoms. The second-order valence-corrected chi connectivity index (χ2v) is 9.45. The van der Waals surface area contributed by atoms with E-state index >= 15 is 0 Å². The van der Waals surface area contributed by atoms with Gasteiger partial charge in [-0.05, 0) is 61.9 Å². The summed E-state index contributed by atoms with van der Waals surface area (Å²) in [5, 5.41) is 3.32. The number of nitrogens with one attached hydrogen (secondary N) is 2. The monoisotopic (exact) mass is 488 g/mol. The van der Waals surface area contributed by atoms with Crippen LogP contribution in [0.3, 0.4) is 0 Å². The molecule has 7 nitrogen and oxygen atoms in total. The number of amides is 1. The fourth-order valence-electron chi connectivity index (χ4n) is 3.12. The van der Waals surface area contributed by atoms with Crippen LogP contribution in [0, 0.1) is 6.92 Å². The number of methoxy groups -OCH3 is 1. The van der Waals surface area contributed by atoms with E-state index in [9.17, 15) is 13.2 Å². The lowest BCUT2D eigenvalue weighted by Gasteiger charge is -2.17. The number of carbonyl (C=O) groups excluding carboxylic acids is 1. The minimum absolute atomic E-state index is 0.0563. The van der Waals surface area contributed by atoms with Gasteiger partial charge in [-0.15, -0.1) is 0 Å². The molecule has 9 heteroatoms. The molecule has 0 radical (unpaired) electrons. The number of hydrogen-bond donors (Lipinski definition) is 2. The lowest BCUT2D eigenvalue weighted by atomic mass is 10.1. The molecular weight excluding hydrogens is 464 g/mol. The molecule has 1 amide bonds. The maximum Gasteiger partial charge on any atom is 0.261 e. The molecule has 0 aliphatic carbocycles. The number of carbonyl (C=O) groups is 1.